The van der Waals surface area contributed by atoms with Crippen molar-refractivity contribution in [1.29, 1.82) is 0 Å². The Morgan fingerprint density at radius 1 is 0.784 bits per heavy atom. The quantitative estimate of drug-likeness (QED) is 0.319. The first-order chi connectivity index (χ1) is 17.6. The number of rotatable bonds is 9. The lowest BCUT2D eigenvalue weighted by molar-refractivity contribution is -0.154. The Balaban J connectivity index is 1.49. The van der Waals surface area contributed by atoms with E-state index < -0.39 is 5.60 Å². The molecule has 2 amide bonds. The van der Waals surface area contributed by atoms with Gasteiger partial charge in [-0.1, -0.05) is 48.5 Å². The summed E-state index contributed by atoms with van der Waals surface area (Å²) < 4.78 is 5.46. The van der Waals surface area contributed by atoms with E-state index in [1.807, 2.05) is 39.0 Å². The molecule has 0 fully saturated rings. The van der Waals surface area contributed by atoms with Gasteiger partial charge in [-0.05, 0) is 86.9 Å². The lowest BCUT2D eigenvalue weighted by atomic mass is 9.96. The molecular formula is C31H33NO5. The number of benzene rings is 3. The Kier molecular flexibility index (Phi) is 7.77. The third kappa shape index (κ3) is 6.64. The van der Waals surface area contributed by atoms with Gasteiger partial charge in [0.1, 0.15) is 11.4 Å². The minimum atomic E-state index is -0.534. The van der Waals surface area contributed by atoms with Crippen molar-refractivity contribution >= 4 is 17.8 Å². The van der Waals surface area contributed by atoms with E-state index >= 15 is 0 Å². The third-order valence-electron chi connectivity index (χ3n) is 6.33. The molecule has 0 atom stereocenters. The standard InChI is InChI=1S/C31H33NO5/c1-31(2,3)37-28(34)15-13-22-18-21(12-14-24-8-4-7-11-27(24)33)19-23(20-22)16-17-32-29(35)25-9-5-6-10-26(25)30(32)36/h4-11,18-20,33H,12-17H2,1-3H3. The SMILES string of the molecule is CC(C)(C)OC(=O)CCc1cc(CCc2ccccc2O)cc(CCN2C(=O)c3ccccc3C2=O)c1. The monoisotopic (exact) mass is 499 g/mol. The van der Waals surface area contributed by atoms with Crippen LogP contribution in [0.15, 0.2) is 66.7 Å². The summed E-state index contributed by atoms with van der Waals surface area (Å²) in [6.07, 6.45) is 2.67. The molecule has 0 aliphatic carbocycles. The summed E-state index contributed by atoms with van der Waals surface area (Å²) in [4.78, 5) is 39.2. The molecule has 3 aromatic carbocycles. The Bertz CT molecular complexity index is 1290. The fourth-order valence-corrected chi connectivity index (χ4v) is 4.60. The van der Waals surface area contributed by atoms with Crippen LogP contribution in [-0.4, -0.2) is 39.9 Å². The van der Waals surface area contributed by atoms with Gasteiger partial charge >= 0.3 is 5.97 Å². The van der Waals surface area contributed by atoms with Crippen LogP contribution in [0.1, 0.15) is 70.2 Å². The highest BCUT2D eigenvalue weighted by Crippen LogP contribution is 2.24. The van der Waals surface area contributed by atoms with Gasteiger partial charge in [0.15, 0.2) is 0 Å². The molecular weight excluding hydrogens is 466 g/mol. The zero-order valence-electron chi connectivity index (χ0n) is 21.6. The first kappa shape index (κ1) is 26.1. The summed E-state index contributed by atoms with van der Waals surface area (Å²) >= 11 is 0. The van der Waals surface area contributed by atoms with E-state index in [2.05, 4.69) is 12.1 Å². The number of amides is 2. The van der Waals surface area contributed by atoms with E-state index in [-0.39, 0.29) is 36.5 Å². The first-order valence-electron chi connectivity index (χ1n) is 12.7. The second-order valence-corrected chi connectivity index (χ2v) is 10.4. The number of phenols is 1. The van der Waals surface area contributed by atoms with Crippen LogP contribution in [0.3, 0.4) is 0 Å². The predicted molar refractivity (Wildman–Crippen MR) is 142 cm³/mol. The predicted octanol–water partition coefficient (Wildman–Crippen LogP) is 5.29. The minimum Gasteiger partial charge on any atom is -0.508 e. The maximum atomic E-state index is 12.8. The average Bonchev–Trinajstić information content (AvgIpc) is 3.09. The highest BCUT2D eigenvalue weighted by Gasteiger charge is 2.34. The smallest absolute Gasteiger partial charge is 0.306 e. The Morgan fingerprint density at radius 2 is 1.32 bits per heavy atom. The van der Waals surface area contributed by atoms with E-state index in [1.165, 1.54) is 4.90 Å². The van der Waals surface area contributed by atoms with Gasteiger partial charge in [0.25, 0.3) is 11.8 Å². The van der Waals surface area contributed by atoms with Gasteiger partial charge in [0, 0.05) is 13.0 Å². The molecule has 192 valence electrons. The summed E-state index contributed by atoms with van der Waals surface area (Å²) in [5.41, 5.74) is 4.29. The fourth-order valence-electron chi connectivity index (χ4n) is 4.60. The number of hydrogen-bond donors (Lipinski definition) is 1. The summed E-state index contributed by atoms with van der Waals surface area (Å²) in [5, 5.41) is 10.1. The summed E-state index contributed by atoms with van der Waals surface area (Å²) in [6, 6.07) is 20.4. The average molecular weight is 500 g/mol. The van der Waals surface area contributed by atoms with Gasteiger partial charge in [-0.3, -0.25) is 19.3 Å². The number of ether oxygens (including phenoxy) is 1. The van der Waals surface area contributed by atoms with E-state index in [0.717, 1.165) is 22.3 Å². The van der Waals surface area contributed by atoms with E-state index in [4.69, 9.17) is 4.74 Å². The number of aromatic hydroxyl groups is 1. The van der Waals surface area contributed by atoms with Crippen LogP contribution in [0.4, 0.5) is 0 Å². The highest BCUT2D eigenvalue weighted by atomic mass is 16.6. The number of carbonyl (C=O) groups excluding carboxylic acids is 3. The van der Waals surface area contributed by atoms with Gasteiger partial charge in [-0.15, -0.1) is 0 Å². The molecule has 4 rings (SSSR count). The Hall–Kier alpha value is -3.93. The normalized spacial score (nSPS) is 13.1. The molecule has 6 heteroatoms. The van der Waals surface area contributed by atoms with E-state index in [0.29, 0.717) is 36.8 Å². The molecule has 1 N–H and O–H groups in total. The van der Waals surface area contributed by atoms with Crippen LogP contribution in [0.25, 0.3) is 0 Å². The zero-order valence-corrected chi connectivity index (χ0v) is 21.6. The highest BCUT2D eigenvalue weighted by molar-refractivity contribution is 6.21. The van der Waals surface area contributed by atoms with Crippen LogP contribution in [0.5, 0.6) is 5.75 Å². The number of phenolic OH excluding ortho intramolecular Hbond substituents is 1. The van der Waals surface area contributed by atoms with Gasteiger partial charge in [0.05, 0.1) is 11.1 Å². The van der Waals surface area contributed by atoms with Crippen LogP contribution >= 0.6 is 0 Å². The van der Waals surface area contributed by atoms with Gasteiger partial charge < -0.3 is 9.84 Å². The first-order valence-corrected chi connectivity index (χ1v) is 12.7. The van der Waals surface area contributed by atoms with Gasteiger partial charge in [0.2, 0.25) is 0 Å². The van der Waals surface area contributed by atoms with Crippen LogP contribution < -0.4 is 0 Å². The van der Waals surface area contributed by atoms with Crippen molar-refractivity contribution in [2.24, 2.45) is 0 Å². The molecule has 0 bridgehead atoms. The maximum Gasteiger partial charge on any atom is 0.306 e. The molecule has 1 heterocycles. The van der Waals surface area contributed by atoms with Crippen molar-refractivity contribution in [2.75, 3.05) is 6.54 Å². The van der Waals surface area contributed by atoms with Crippen molar-refractivity contribution in [1.82, 2.24) is 4.90 Å². The number of hydrogen-bond acceptors (Lipinski definition) is 5. The van der Waals surface area contributed by atoms with Crippen molar-refractivity contribution in [2.45, 2.75) is 58.5 Å². The molecule has 0 saturated carbocycles. The molecule has 37 heavy (non-hydrogen) atoms. The Morgan fingerprint density at radius 3 is 1.92 bits per heavy atom. The second kappa shape index (κ2) is 11.0. The van der Waals surface area contributed by atoms with Crippen molar-refractivity contribution in [3.63, 3.8) is 0 Å². The minimum absolute atomic E-state index is 0.250. The number of carbonyl (C=O) groups is 3. The number of imide groups is 1. The second-order valence-electron chi connectivity index (χ2n) is 10.4. The van der Waals surface area contributed by atoms with Crippen LogP contribution in [0, 0.1) is 0 Å². The molecule has 6 nitrogen and oxygen atoms in total. The van der Waals surface area contributed by atoms with Crippen molar-refractivity contribution < 1.29 is 24.2 Å². The third-order valence-corrected chi connectivity index (χ3v) is 6.33. The van der Waals surface area contributed by atoms with Crippen LogP contribution in [0.2, 0.25) is 0 Å². The van der Waals surface area contributed by atoms with Crippen LogP contribution in [-0.2, 0) is 35.2 Å². The number of para-hydroxylation sites is 1. The fraction of sp³-hybridized carbons (Fsp3) is 0.323. The molecule has 0 spiro atoms. The largest absolute Gasteiger partial charge is 0.508 e. The summed E-state index contributed by atoms with van der Waals surface area (Å²) in [7, 11) is 0. The molecule has 0 radical (unpaired) electrons. The molecule has 3 aromatic rings. The number of aryl methyl sites for hydroxylation is 3. The molecule has 1 aliphatic heterocycles. The van der Waals surface area contributed by atoms with E-state index in [1.54, 1.807) is 36.4 Å². The molecule has 0 aromatic heterocycles. The maximum absolute atomic E-state index is 12.8. The number of nitrogens with zero attached hydrogens (tertiary/aromatic N) is 1. The topological polar surface area (TPSA) is 83.9 Å². The molecule has 0 saturated heterocycles. The van der Waals surface area contributed by atoms with Crippen molar-refractivity contribution in [3.05, 3.63) is 100 Å². The zero-order chi connectivity index (χ0) is 26.6. The lowest BCUT2D eigenvalue weighted by Gasteiger charge is -2.19. The molecule has 0 unspecified atom stereocenters. The number of esters is 1. The summed E-state index contributed by atoms with van der Waals surface area (Å²) in [5.74, 6) is -0.503. The summed E-state index contributed by atoms with van der Waals surface area (Å²) in [6.45, 7) is 5.83. The molecule has 1 aliphatic rings. The Labute approximate surface area is 217 Å². The number of fused-ring (bicyclic) bond motifs is 1. The van der Waals surface area contributed by atoms with E-state index in [9.17, 15) is 19.5 Å². The van der Waals surface area contributed by atoms with Gasteiger partial charge in [-0.25, -0.2) is 0 Å². The van der Waals surface area contributed by atoms with Gasteiger partial charge in [-0.2, -0.15) is 0 Å². The lowest BCUT2D eigenvalue weighted by Crippen LogP contribution is -2.31. The van der Waals surface area contributed by atoms with Crippen molar-refractivity contribution in [3.8, 4) is 5.75 Å².